The van der Waals surface area contributed by atoms with Crippen molar-refractivity contribution in [3.8, 4) is 0 Å². The molecule has 0 aromatic carbocycles. The van der Waals surface area contributed by atoms with Crippen LogP contribution in [0.1, 0.15) is 12.5 Å². The molecule has 0 saturated heterocycles. The van der Waals surface area contributed by atoms with Gasteiger partial charge in [0.2, 0.25) is 0 Å². The zero-order valence-corrected chi connectivity index (χ0v) is 12.2. The number of nitrogen functional groups attached to an aromatic ring is 1. The van der Waals surface area contributed by atoms with Crippen molar-refractivity contribution in [2.24, 2.45) is 0 Å². The molecular weight excluding hydrogens is 268 g/mol. The number of pyridine rings is 1. The van der Waals surface area contributed by atoms with Gasteiger partial charge in [-0.1, -0.05) is 6.07 Å². The van der Waals surface area contributed by atoms with Crippen molar-refractivity contribution in [1.29, 1.82) is 0 Å². The summed E-state index contributed by atoms with van der Waals surface area (Å²) < 4.78 is 5.08. The summed E-state index contributed by atoms with van der Waals surface area (Å²) in [4.78, 5) is 12.4. The lowest BCUT2D eigenvalue weighted by atomic mass is 10.3. The highest BCUT2D eigenvalue weighted by Gasteiger charge is 2.10. The van der Waals surface area contributed by atoms with E-state index in [-0.39, 0.29) is 6.04 Å². The van der Waals surface area contributed by atoms with Gasteiger partial charge in [-0.05, 0) is 18.6 Å². The van der Waals surface area contributed by atoms with Gasteiger partial charge in [0.05, 0.1) is 6.61 Å². The van der Waals surface area contributed by atoms with Gasteiger partial charge in [0.15, 0.2) is 11.6 Å². The molecule has 1 unspecified atom stereocenters. The van der Waals surface area contributed by atoms with Crippen LogP contribution >= 0.6 is 0 Å². The lowest BCUT2D eigenvalue weighted by Crippen LogP contribution is -2.22. The topological polar surface area (TPSA) is 98.0 Å². The Balaban J connectivity index is 2.03. The SMILES string of the molecule is COCC(C)Nc1ncnc(NCc2cccnc2)c1N. The van der Waals surface area contributed by atoms with Crippen LogP contribution in [0, 0.1) is 0 Å². The Labute approximate surface area is 124 Å². The van der Waals surface area contributed by atoms with E-state index in [1.807, 2.05) is 19.1 Å². The van der Waals surface area contributed by atoms with Crippen LogP contribution in [0.25, 0.3) is 0 Å². The molecule has 2 heterocycles. The third-order valence-corrected chi connectivity index (χ3v) is 2.87. The van der Waals surface area contributed by atoms with Crippen LogP contribution in [-0.4, -0.2) is 34.7 Å². The maximum atomic E-state index is 6.09. The van der Waals surface area contributed by atoms with Crippen molar-refractivity contribution in [3.63, 3.8) is 0 Å². The average Bonchev–Trinajstić information content (AvgIpc) is 2.49. The van der Waals surface area contributed by atoms with E-state index < -0.39 is 0 Å². The molecule has 0 aliphatic carbocycles. The first-order valence-electron chi connectivity index (χ1n) is 6.69. The van der Waals surface area contributed by atoms with E-state index in [1.54, 1.807) is 19.5 Å². The molecule has 0 radical (unpaired) electrons. The normalized spacial score (nSPS) is 11.9. The number of nitrogens with one attached hydrogen (secondary N) is 2. The number of aromatic nitrogens is 3. The Morgan fingerprint density at radius 3 is 2.86 bits per heavy atom. The molecule has 112 valence electrons. The highest BCUT2D eigenvalue weighted by molar-refractivity contribution is 5.74. The maximum absolute atomic E-state index is 6.09. The quantitative estimate of drug-likeness (QED) is 0.710. The number of nitrogens with two attached hydrogens (primary N) is 1. The highest BCUT2D eigenvalue weighted by atomic mass is 16.5. The van der Waals surface area contributed by atoms with Crippen molar-refractivity contribution < 1.29 is 4.74 Å². The highest BCUT2D eigenvalue weighted by Crippen LogP contribution is 2.23. The smallest absolute Gasteiger partial charge is 0.155 e. The Bertz CT molecular complexity index is 563. The second kappa shape index (κ2) is 7.39. The Morgan fingerprint density at radius 1 is 1.33 bits per heavy atom. The number of nitrogens with zero attached hydrogens (tertiary/aromatic N) is 3. The van der Waals surface area contributed by atoms with Crippen LogP contribution < -0.4 is 16.4 Å². The number of methoxy groups -OCH3 is 1. The van der Waals surface area contributed by atoms with Crippen molar-refractivity contribution in [1.82, 2.24) is 15.0 Å². The first-order chi connectivity index (χ1) is 10.2. The van der Waals surface area contributed by atoms with E-state index in [4.69, 9.17) is 10.5 Å². The van der Waals surface area contributed by atoms with Gasteiger partial charge in [-0.25, -0.2) is 9.97 Å². The van der Waals surface area contributed by atoms with Crippen molar-refractivity contribution >= 4 is 17.3 Å². The average molecular weight is 288 g/mol. The van der Waals surface area contributed by atoms with Crippen molar-refractivity contribution in [3.05, 3.63) is 36.4 Å². The molecule has 2 rings (SSSR count). The minimum absolute atomic E-state index is 0.110. The number of anilines is 3. The molecule has 4 N–H and O–H groups in total. The fourth-order valence-corrected chi connectivity index (χ4v) is 1.87. The summed E-state index contributed by atoms with van der Waals surface area (Å²) in [6.07, 6.45) is 5.01. The fourth-order valence-electron chi connectivity index (χ4n) is 1.87. The second-order valence-corrected chi connectivity index (χ2v) is 4.70. The predicted octanol–water partition coefficient (Wildman–Crippen LogP) is 1.51. The lowest BCUT2D eigenvalue weighted by molar-refractivity contribution is 0.190. The monoisotopic (exact) mass is 288 g/mol. The minimum Gasteiger partial charge on any atom is -0.393 e. The lowest BCUT2D eigenvalue weighted by Gasteiger charge is -2.16. The van der Waals surface area contributed by atoms with Gasteiger partial charge in [-0.3, -0.25) is 4.98 Å². The molecule has 21 heavy (non-hydrogen) atoms. The molecule has 2 aromatic rings. The van der Waals surface area contributed by atoms with E-state index in [1.165, 1.54) is 6.33 Å². The van der Waals surface area contributed by atoms with Gasteiger partial charge in [-0.2, -0.15) is 0 Å². The number of hydrogen-bond donors (Lipinski definition) is 3. The second-order valence-electron chi connectivity index (χ2n) is 4.70. The van der Waals surface area contributed by atoms with Gasteiger partial charge in [0, 0.05) is 32.1 Å². The van der Waals surface area contributed by atoms with Gasteiger partial charge in [-0.15, -0.1) is 0 Å². The van der Waals surface area contributed by atoms with Crippen LogP contribution in [0.15, 0.2) is 30.9 Å². The molecule has 7 nitrogen and oxygen atoms in total. The van der Waals surface area contributed by atoms with Crippen molar-refractivity contribution in [2.45, 2.75) is 19.5 Å². The molecule has 0 bridgehead atoms. The van der Waals surface area contributed by atoms with E-state index >= 15 is 0 Å². The fraction of sp³-hybridized carbons (Fsp3) is 0.357. The zero-order chi connectivity index (χ0) is 15.1. The summed E-state index contributed by atoms with van der Waals surface area (Å²) in [6, 6.07) is 3.98. The molecule has 0 spiro atoms. The third kappa shape index (κ3) is 4.28. The van der Waals surface area contributed by atoms with E-state index in [0.717, 1.165) is 5.56 Å². The summed E-state index contributed by atoms with van der Waals surface area (Å²) in [6.45, 7) is 3.16. The van der Waals surface area contributed by atoms with E-state index in [0.29, 0.717) is 30.5 Å². The van der Waals surface area contributed by atoms with Gasteiger partial charge >= 0.3 is 0 Å². The molecule has 0 saturated carbocycles. The molecule has 7 heteroatoms. The zero-order valence-electron chi connectivity index (χ0n) is 12.2. The van der Waals surface area contributed by atoms with E-state index in [9.17, 15) is 0 Å². The molecule has 0 amide bonds. The Morgan fingerprint density at radius 2 is 2.14 bits per heavy atom. The first kappa shape index (κ1) is 15.0. The summed E-state index contributed by atoms with van der Waals surface area (Å²) >= 11 is 0. The molecule has 0 aliphatic heterocycles. The molecule has 0 aliphatic rings. The van der Waals surface area contributed by atoms with Crippen LogP contribution in [0.3, 0.4) is 0 Å². The van der Waals surface area contributed by atoms with Crippen LogP contribution in [0.5, 0.6) is 0 Å². The molecule has 1 atom stereocenters. The largest absolute Gasteiger partial charge is 0.393 e. The number of rotatable bonds is 7. The van der Waals surface area contributed by atoms with Gasteiger partial charge in [0.25, 0.3) is 0 Å². The summed E-state index contributed by atoms with van der Waals surface area (Å²) in [5, 5.41) is 6.38. The van der Waals surface area contributed by atoms with Gasteiger partial charge in [0.1, 0.15) is 12.0 Å². The molecule has 2 aromatic heterocycles. The molecular formula is C14H20N6O. The summed E-state index contributed by atoms with van der Waals surface area (Å²) in [5.41, 5.74) is 7.63. The summed E-state index contributed by atoms with van der Waals surface area (Å²) in [5.74, 6) is 1.20. The number of hydrogen-bond acceptors (Lipinski definition) is 7. The molecule has 0 fully saturated rings. The van der Waals surface area contributed by atoms with Crippen LogP contribution in [0.2, 0.25) is 0 Å². The Kier molecular flexibility index (Phi) is 5.28. The Hall–Kier alpha value is -2.41. The minimum atomic E-state index is 0.110. The van der Waals surface area contributed by atoms with E-state index in [2.05, 4.69) is 25.6 Å². The van der Waals surface area contributed by atoms with Crippen molar-refractivity contribution in [2.75, 3.05) is 30.1 Å². The predicted molar refractivity (Wildman–Crippen MR) is 83.0 cm³/mol. The number of ether oxygens (including phenoxy) is 1. The van der Waals surface area contributed by atoms with Gasteiger partial charge < -0.3 is 21.1 Å². The third-order valence-electron chi connectivity index (χ3n) is 2.87. The maximum Gasteiger partial charge on any atom is 0.155 e. The standard InChI is InChI=1S/C14H20N6O/c1-10(8-21-2)20-14-12(15)13(18-9-19-14)17-7-11-4-3-5-16-6-11/h3-6,9-10H,7-8,15H2,1-2H3,(H2,17,18,19,20). The summed E-state index contributed by atoms with van der Waals surface area (Å²) in [7, 11) is 1.66. The first-order valence-corrected chi connectivity index (χ1v) is 6.69. The van der Waals surface area contributed by atoms with Crippen LogP contribution in [-0.2, 0) is 11.3 Å². The van der Waals surface area contributed by atoms with Crippen LogP contribution in [0.4, 0.5) is 17.3 Å².